The third-order valence-corrected chi connectivity index (χ3v) is 2.23. The molecule has 1 aromatic carbocycles. The minimum atomic E-state index is -0.583. The van der Waals surface area contributed by atoms with E-state index in [9.17, 15) is 14.9 Å². The van der Waals surface area contributed by atoms with Gasteiger partial charge in [-0.2, -0.15) is 5.26 Å². The van der Waals surface area contributed by atoms with Crippen molar-refractivity contribution in [2.24, 2.45) is 5.73 Å². The van der Waals surface area contributed by atoms with E-state index >= 15 is 0 Å². The molecule has 1 aromatic rings. The highest BCUT2D eigenvalue weighted by Gasteiger charge is 2.16. The van der Waals surface area contributed by atoms with Gasteiger partial charge in [0.2, 0.25) is 5.91 Å². The summed E-state index contributed by atoms with van der Waals surface area (Å²) in [4.78, 5) is 21.0. The molecule has 3 N–H and O–H groups in total. The lowest BCUT2D eigenvalue weighted by Crippen LogP contribution is -2.24. The Kier molecular flexibility index (Phi) is 4.21. The molecule has 1 rings (SSSR count). The number of carbonyl (C=O) groups excluding carboxylic acids is 1. The van der Waals surface area contributed by atoms with E-state index in [1.807, 2.05) is 6.07 Å². The van der Waals surface area contributed by atoms with Gasteiger partial charge in [0.25, 0.3) is 5.69 Å². The number of nitrogens with one attached hydrogen (secondary N) is 1. The molecule has 1 atom stereocenters. The summed E-state index contributed by atoms with van der Waals surface area (Å²) in [6.07, 6.45) is 0.0666. The lowest BCUT2D eigenvalue weighted by molar-refractivity contribution is -0.384. The summed E-state index contributed by atoms with van der Waals surface area (Å²) in [6, 6.07) is 5.59. The number of nitrogens with two attached hydrogens (primary N) is 1. The van der Waals surface area contributed by atoms with Crippen LogP contribution in [0.3, 0.4) is 0 Å². The van der Waals surface area contributed by atoms with Crippen LogP contribution >= 0.6 is 0 Å². The van der Waals surface area contributed by atoms with Crippen molar-refractivity contribution in [1.29, 1.82) is 5.26 Å². The molecule has 0 aliphatic heterocycles. The molecule has 0 fully saturated rings. The highest BCUT2D eigenvalue weighted by molar-refractivity contribution is 5.75. The van der Waals surface area contributed by atoms with Gasteiger partial charge >= 0.3 is 0 Å². The molecule has 0 aromatic heterocycles. The summed E-state index contributed by atoms with van der Waals surface area (Å²) in [5, 5.41) is 22.4. The van der Waals surface area contributed by atoms with Gasteiger partial charge in [0.1, 0.15) is 5.69 Å². The molecular formula is C11H12N4O3. The van der Waals surface area contributed by atoms with Crippen molar-refractivity contribution >= 4 is 17.3 Å². The molecule has 1 amide bonds. The number of amides is 1. The maximum Gasteiger partial charge on any atom is 0.293 e. The molecule has 7 heteroatoms. The van der Waals surface area contributed by atoms with Crippen LogP contribution in [-0.4, -0.2) is 16.9 Å². The largest absolute Gasteiger partial charge is 0.377 e. The van der Waals surface area contributed by atoms with Gasteiger partial charge < -0.3 is 11.1 Å². The van der Waals surface area contributed by atoms with E-state index in [0.717, 1.165) is 0 Å². The highest BCUT2D eigenvalue weighted by Crippen LogP contribution is 2.26. The lowest BCUT2D eigenvalue weighted by atomic mass is 10.1. The van der Waals surface area contributed by atoms with Crippen LogP contribution < -0.4 is 11.1 Å². The van der Waals surface area contributed by atoms with E-state index in [-0.39, 0.29) is 29.4 Å². The predicted molar refractivity (Wildman–Crippen MR) is 64.7 cm³/mol. The molecule has 0 heterocycles. The number of hydrogen-bond acceptors (Lipinski definition) is 5. The number of nitro groups is 1. The molecule has 0 aliphatic rings. The van der Waals surface area contributed by atoms with Crippen LogP contribution in [0.5, 0.6) is 0 Å². The summed E-state index contributed by atoms with van der Waals surface area (Å²) in [5.74, 6) is -0.494. The minimum absolute atomic E-state index is 0.0666. The van der Waals surface area contributed by atoms with Crippen molar-refractivity contribution in [2.45, 2.75) is 19.4 Å². The summed E-state index contributed by atoms with van der Waals surface area (Å²) in [6.45, 7) is 1.69. The van der Waals surface area contributed by atoms with Crippen molar-refractivity contribution in [3.8, 4) is 6.07 Å². The van der Waals surface area contributed by atoms with Crippen LogP contribution in [0.25, 0.3) is 0 Å². The summed E-state index contributed by atoms with van der Waals surface area (Å²) in [7, 11) is 0. The van der Waals surface area contributed by atoms with E-state index in [1.54, 1.807) is 6.92 Å². The molecule has 0 bridgehead atoms. The smallest absolute Gasteiger partial charge is 0.293 e. The number of nitro benzene ring substituents is 1. The van der Waals surface area contributed by atoms with E-state index in [2.05, 4.69) is 5.32 Å². The van der Waals surface area contributed by atoms with Gasteiger partial charge in [-0.25, -0.2) is 0 Å². The Morgan fingerprint density at radius 1 is 1.67 bits per heavy atom. The van der Waals surface area contributed by atoms with Gasteiger partial charge in [-0.15, -0.1) is 0 Å². The van der Waals surface area contributed by atoms with E-state index in [4.69, 9.17) is 11.0 Å². The third-order valence-electron chi connectivity index (χ3n) is 2.23. The molecule has 0 saturated carbocycles. The molecule has 0 radical (unpaired) electrons. The monoisotopic (exact) mass is 248 g/mol. The van der Waals surface area contributed by atoms with E-state index < -0.39 is 10.8 Å². The first-order chi connectivity index (χ1) is 8.43. The zero-order chi connectivity index (χ0) is 13.7. The Balaban J connectivity index is 2.98. The van der Waals surface area contributed by atoms with Gasteiger partial charge in [-0.1, -0.05) is 0 Å². The number of anilines is 1. The first-order valence-corrected chi connectivity index (χ1v) is 5.17. The second-order valence-corrected chi connectivity index (χ2v) is 3.82. The summed E-state index contributed by atoms with van der Waals surface area (Å²) >= 11 is 0. The number of nitriles is 1. The zero-order valence-electron chi connectivity index (χ0n) is 9.71. The number of benzene rings is 1. The molecule has 7 nitrogen and oxygen atoms in total. The summed E-state index contributed by atoms with van der Waals surface area (Å²) in [5.41, 5.74) is 5.29. The van der Waals surface area contributed by atoms with Crippen LogP contribution in [-0.2, 0) is 4.79 Å². The maximum absolute atomic E-state index is 10.9. The fourth-order valence-electron chi connectivity index (χ4n) is 1.49. The van der Waals surface area contributed by atoms with Crippen LogP contribution in [0.2, 0.25) is 0 Å². The lowest BCUT2D eigenvalue weighted by Gasteiger charge is -2.13. The fraction of sp³-hybridized carbons (Fsp3) is 0.273. The third kappa shape index (κ3) is 3.45. The number of nitrogens with zero attached hydrogens (tertiary/aromatic N) is 2. The second-order valence-electron chi connectivity index (χ2n) is 3.82. The van der Waals surface area contributed by atoms with Gasteiger partial charge in [0.05, 0.1) is 16.6 Å². The van der Waals surface area contributed by atoms with Crippen LogP contribution in [0.15, 0.2) is 18.2 Å². The van der Waals surface area contributed by atoms with Crippen molar-refractivity contribution in [2.75, 3.05) is 5.32 Å². The molecule has 0 spiro atoms. The molecule has 1 unspecified atom stereocenters. The Hall–Kier alpha value is -2.62. The number of primary amides is 1. The standard InChI is InChI=1S/C11H12N4O3/c1-7(4-11(13)16)14-9-3-2-8(6-12)5-10(9)15(17)18/h2-3,5,7,14H,4H2,1H3,(H2,13,16). The van der Waals surface area contributed by atoms with E-state index in [0.29, 0.717) is 0 Å². The Labute approximate surface area is 103 Å². The van der Waals surface area contributed by atoms with Crippen molar-refractivity contribution in [1.82, 2.24) is 0 Å². The van der Waals surface area contributed by atoms with Gasteiger partial charge in [0, 0.05) is 18.5 Å². The topological polar surface area (TPSA) is 122 Å². The first kappa shape index (κ1) is 13.4. The first-order valence-electron chi connectivity index (χ1n) is 5.17. The quantitative estimate of drug-likeness (QED) is 0.597. The normalized spacial score (nSPS) is 11.3. The van der Waals surface area contributed by atoms with Crippen molar-refractivity contribution in [3.05, 3.63) is 33.9 Å². The number of carbonyl (C=O) groups is 1. The maximum atomic E-state index is 10.9. The molecular weight excluding hydrogens is 236 g/mol. The van der Waals surface area contributed by atoms with Gasteiger partial charge in [-0.3, -0.25) is 14.9 Å². The number of hydrogen-bond donors (Lipinski definition) is 2. The molecule has 94 valence electrons. The predicted octanol–water partition coefficient (Wildman–Crippen LogP) is 1.14. The Morgan fingerprint density at radius 3 is 2.83 bits per heavy atom. The fourth-order valence-corrected chi connectivity index (χ4v) is 1.49. The van der Waals surface area contributed by atoms with Gasteiger partial charge in [0.15, 0.2) is 0 Å². The Morgan fingerprint density at radius 2 is 2.33 bits per heavy atom. The van der Waals surface area contributed by atoms with Crippen molar-refractivity contribution in [3.63, 3.8) is 0 Å². The average molecular weight is 248 g/mol. The average Bonchev–Trinajstić information content (AvgIpc) is 2.28. The molecule has 0 saturated heterocycles. The zero-order valence-corrected chi connectivity index (χ0v) is 9.71. The van der Waals surface area contributed by atoms with Crippen LogP contribution in [0.1, 0.15) is 18.9 Å². The SMILES string of the molecule is CC(CC(N)=O)Nc1ccc(C#N)cc1[N+](=O)[O-]. The van der Waals surface area contributed by atoms with Gasteiger partial charge in [-0.05, 0) is 19.1 Å². The molecule has 0 aliphatic carbocycles. The Bertz CT molecular complexity index is 522. The van der Waals surface area contributed by atoms with E-state index in [1.165, 1.54) is 18.2 Å². The van der Waals surface area contributed by atoms with Crippen molar-refractivity contribution < 1.29 is 9.72 Å². The highest BCUT2D eigenvalue weighted by atomic mass is 16.6. The summed E-state index contributed by atoms with van der Waals surface area (Å²) < 4.78 is 0. The minimum Gasteiger partial charge on any atom is -0.377 e. The molecule has 18 heavy (non-hydrogen) atoms. The number of rotatable bonds is 5. The van der Waals surface area contributed by atoms with Crippen LogP contribution in [0, 0.1) is 21.4 Å². The second kappa shape index (κ2) is 5.63. The van der Waals surface area contributed by atoms with Crippen LogP contribution in [0.4, 0.5) is 11.4 Å².